The van der Waals surface area contributed by atoms with Crippen LogP contribution in [0.5, 0.6) is 11.5 Å². The fourth-order valence-corrected chi connectivity index (χ4v) is 3.57. The number of esters is 1. The van der Waals surface area contributed by atoms with Gasteiger partial charge >= 0.3 is 12.0 Å². The number of amides is 4. The van der Waals surface area contributed by atoms with Crippen LogP contribution in [0.1, 0.15) is 5.56 Å². The molecule has 12 heteroatoms. The van der Waals surface area contributed by atoms with E-state index in [0.29, 0.717) is 17.0 Å². The minimum absolute atomic E-state index is 0.0623. The molecular weight excluding hydrogens is 489 g/mol. The third-order valence-corrected chi connectivity index (χ3v) is 5.10. The number of nitrogens with zero attached hydrogens (tertiary/aromatic N) is 1. The molecule has 0 bridgehead atoms. The molecule has 1 saturated heterocycles. The van der Waals surface area contributed by atoms with Gasteiger partial charge in [0.25, 0.3) is 5.91 Å². The Balaban J connectivity index is 1.72. The van der Waals surface area contributed by atoms with E-state index in [1.165, 1.54) is 32.4 Å². The SMILES string of the molecule is COC(=O)COc1c(Cl)cc(/C=C2/NC(=O)N(CC(=O)Nc3ccccc3OC)C2=O)cc1Cl. The van der Waals surface area contributed by atoms with Crippen molar-refractivity contribution in [3.05, 3.63) is 57.7 Å². The van der Waals surface area contributed by atoms with E-state index in [1.807, 2.05) is 0 Å². The van der Waals surface area contributed by atoms with Crippen molar-refractivity contribution >= 4 is 58.8 Å². The number of methoxy groups -OCH3 is 2. The molecule has 2 aromatic rings. The molecule has 0 aromatic heterocycles. The third kappa shape index (κ3) is 5.77. The van der Waals surface area contributed by atoms with Gasteiger partial charge in [0.05, 0.1) is 30.0 Å². The Morgan fingerprint density at radius 2 is 1.79 bits per heavy atom. The molecule has 178 valence electrons. The lowest BCUT2D eigenvalue weighted by Gasteiger charge is -2.13. The van der Waals surface area contributed by atoms with E-state index >= 15 is 0 Å². The van der Waals surface area contributed by atoms with Crippen LogP contribution in [-0.2, 0) is 19.1 Å². The first-order chi connectivity index (χ1) is 16.2. The fourth-order valence-electron chi connectivity index (χ4n) is 2.95. The zero-order valence-corrected chi connectivity index (χ0v) is 19.5. The first-order valence-corrected chi connectivity index (χ1v) is 10.4. The summed E-state index contributed by atoms with van der Waals surface area (Å²) >= 11 is 12.3. The van der Waals surface area contributed by atoms with Gasteiger partial charge in [-0.2, -0.15) is 0 Å². The standard InChI is InChI=1S/C22H19Cl2N3O7/c1-32-17-6-4-3-5-15(17)25-18(28)10-27-21(30)16(26-22(27)31)9-12-7-13(23)20(14(24)8-12)34-11-19(29)33-2/h3-9H,10-11H2,1-2H3,(H,25,28)(H,26,31)/b16-9+. The van der Waals surface area contributed by atoms with Crippen LogP contribution in [0, 0.1) is 0 Å². The van der Waals surface area contributed by atoms with Crippen molar-refractivity contribution in [2.75, 3.05) is 32.7 Å². The summed E-state index contributed by atoms with van der Waals surface area (Å²) in [5.74, 6) is -1.42. The summed E-state index contributed by atoms with van der Waals surface area (Å²) in [6.45, 7) is -0.904. The van der Waals surface area contributed by atoms with E-state index in [9.17, 15) is 19.2 Å². The lowest BCUT2D eigenvalue weighted by molar-refractivity contribution is -0.142. The Hall–Kier alpha value is -3.76. The average molecular weight is 508 g/mol. The number of hydrogen-bond donors (Lipinski definition) is 2. The minimum atomic E-state index is -0.762. The highest BCUT2D eigenvalue weighted by Gasteiger charge is 2.35. The van der Waals surface area contributed by atoms with Crippen LogP contribution in [-0.4, -0.2) is 56.1 Å². The smallest absolute Gasteiger partial charge is 0.343 e. The normalized spacial score (nSPS) is 14.1. The highest BCUT2D eigenvalue weighted by atomic mass is 35.5. The van der Waals surface area contributed by atoms with E-state index in [2.05, 4.69) is 15.4 Å². The molecule has 1 aliphatic rings. The number of imide groups is 1. The van der Waals surface area contributed by atoms with Crippen LogP contribution in [0.3, 0.4) is 0 Å². The molecule has 0 unspecified atom stereocenters. The molecule has 0 saturated carbocycles. The van der Waals surface area contributed by atoms with Crippen LogP contribution < -0.4 is 20.1 Å². The van der Waals surface area contributed by atoms with Gasteiger partial charge in [0.15, 0.2) is 12.4 Å². The topological polar surface area (TPSA) is 123 Å². The van der Waals surface area contributed by atoms with E-state index in [1.54, 1.807) is 24.3 Å². The Morgan fingerprint density at radius 1 is 1.12 bits per heavy atom. The van der Waals surface area contributed by atoms with Gasteiger partial charge in [0.1, 0.15) is 18.0 Å². The van der Waals surface area contributed by atoms with Gasteiger partial charge in [-0.3, -0.25) is 9.59 Å². The summed E-state index contributed by atoms with van der Waals surface area (Å²) in [4.78, 5) is 49.4. The van der Waals surface area contributed by atoms with E-state index in [0.717, 1.165) is 4.90 Å². The monoisotopic (exact) mass is 507 g/mol. The maximum Gasteiger partial charge on any atom is 0.343 e. The number of carbonyl (C=O) groups is 4. The molecule has 0 aliphatic carbocycles. The third-order valence-electron chi connectivity index (χ3n) is 4.54. The number of anilines is 1. The summed E-state index contributed by atoms with van der Waals surface area (Å²) in [6.07, 6.45) is 1.35. The second kappa shape index (κ2) is 10.9. The van der Waals surface area contributed by atoms with Gasteiger partial charge in [-0.25, -0.2) is 14.5 Å². The number of nitrogens with one attached hydrogen (secondary N) is 2. The lowest BCUT2D eigenvalue weighted by atomic mass is 10.1. The average Bonchev–Trinajstić information content (AvgIpc) is 3.05. The number of carbonyl (C=O) groups excluding carboxylic acids is 4. The minimum Gasteiger partial charge on any atom is -0.495 e. The lowest BCUT2D eigenvalue weighted by Crippen LogP contribution is -2.38. The van der Waals surface area contributed by atoms with E-state index in [-0.39, 0.29) is 21.5 Å². The molecular formula is C22H19Cl2N3O7. The molecule has 1 fully saturated rings. The Labute approximate surface area is 204 Å². The zero-order chi connectivity index (χ0) is 24.8. The Kier molecular flexibility index (Phi) is 7.98. The second-order valence-electron chi connectivity index (χ2n) is 6.81. The summed E-state index contributed by atoms with van der Waals surface area (Å²) in [6, 6.07) is 8.83. The number of ether oxygens (including phenoxy) is 3. The van der Waals surface area contributed by atoms with Crippen LogP contribution in [0.15, 0.2) is 42.1 Å². The van der Waals surface area contributed by atoms with Crippen LogP contribution in [0.4, 0.5) is 10.5 Å². The van der Waals surface area contributed by atoms with Gasteiger partial charge in [0, 0.05) is 0 Å². The predicted molar refractivity (Wildman–Crippen MR) is 124 cm³/mol. The number of para-hydroxylation sites is 2. The molecule has 1 heterocycles. The quantitative estimate of drug-likeness (QED) is 0.319. The van der Waals surface area contributed by atoms with Gasteiger partial charge in [0.2, 0.25) is 5.91 Å². The van der Waals surface area contributed by atoms with E-state index in [4.69, 9.17) is 32.7 Å². The van der Waals surface area contributed by atoms with Crippen LogP contribution in [0.2, 0.25) is 10.0 Å². The van der Waals surface area contributed by atoms with Crippen LogP contribution in [0.25, 0.3) is 6.08 Å². The van der Waals surface area contributed by atoms with Crippen molar-refractivity contribution in [2.24, 2.45) is 0 Å². The summed E-state index contributed by atoms with van der Waals surface area (Å²) in [5.41, 5.74) is 0.700. The molecule has 0 atom stereocenters. The molecule has 1 aliphatic heterocycles. The molecule has 10 nitrogen and oxygen atoms in total. The van der Waals surface area contributed by atoms with Crippen LogP contribution >= 0.6 is 23.2 Å². The van der Waals surface area contributed by atoms with Gasteiger partial charge in [-0.15, -0.1) is 0 Å². The van der Waals surface area contributed by atoms with Crippen molar-refractivity contribution in [3.63, 3.8) is 0 Å². The first kappa shape index (κ1) is 24.9. The molecule has 0 spiro atoms. The second-order valence-corrected chi connectivity index (χ2v) is 7.62. The zero-order valence-electron chi connectivity index (χ0n) is 18.0. The highest BCUT2D eigenvalue weighted by Crippen LogP contribution is 2.35. The van der Waals surface area contributed by atoms with Gasteiger partial charge in [-0.05, 0) is 35.9 Å². The van der Waals surface area contributed by atoms with E-state index < -0.39 is 37.0 Å². The highest BCUT2D eigenvalue weighted by molar-refractivity contribution is 6.37. The number of urea groups is 1. The maximum atomic E-state index is 12.7. The molecule has 34 heavy (non-hydrogen) atoms. The van der Waals surface area contributed by atoms with Gasteiger partial charge in [-0.1, -0.05) is 35.3 Å². The van der Waals surface area contributed by atoms with Crippen molar-refractivity contribution in [2.45, 2.75) is 0 Å². The van der Waals surface area contributed by atoms with Crippen molar-refractivity contribution in [3.8, 4) is 11.5 Å². The number of rotatable bonds is 8. The first-order valence-electron chi connectivity index (χ1n) is 9.69. The molecule has 2 N–H and O–H groups in total. The number of benzene rings is 2. The summed E-state index contributed by atoms with van der Waals surface area (Å²) < 4.78 is 14.9. The number of hydrogen-bond acceptors (Lipinski definition) is 7. The largest absolute Gasteiger partial charge is 0.495 e. The molecule has 4 amide bonds. The molecule has 2 aromatic carbocycles. The summed E-state index contributed by atoms with van der Waals surface area (Å²) in [7, 11) is 2.67. The predicted octanol–water partition coefficient (Wildman–Crippen LogP) is 3.09. The molecule has 3 rings (SSSR count). The Morgan fingerprint density at radius 3 is 2.44 bits per heavy atom. The van der Waals surface area contributed by atoms with Crippen molar-refractivity contribution in [1.82, 2.24) is 10.2 Å². The van der Waals surface area contributed by atoms with Crippen molar-refractivity contribution < 1.29 is 33.4 Å². The van der Waals surface area contributed by atoms with Crippen molar-refractivity contribution in [1.29, 1.82) is 0 Å². The fraction of sp³-hybridized carbons (Fsp3) is 0.182. The Bertz CT molecular complexity index is 1160. The summed E-state index contributed by atoms with van der Waals surface area (Å²) in [5, 5.41) is 5.16. The number of halogens is 2. The molecule has 0 radical (unpaired) electrons. The van der Waals surface area contributed by atoms with Gasteiger partial charge < -0.3 is 24.8 Å². The maximum absolute atomic E-state index is 12.7.